The normalized spacial score (nSPS) is 10.6. The van der Waals surface area contributed by atoms with Crippen molar-refractivity contribution in [3.8, 4) is 0 Å². The van der Waals surface area contributed by atoms with E-state index < -0.39 is 0 Å². The van der Waals surface area contributed by atoms with Crippen molar-refractivity contribution in [1.29, 1.82) is 0 Å². The number of nitrogens with one attached hydrogen (secondary N) is 2. The van der Waals surface area contributed by atoms with E-state index in [4.69, 9.17) is 0 Å². The van der Waals surface area contributed by atoms with Gasteiger partial charge in [0.2, 0.25) is 5.91 Å². The molecule has 0 heterocycles. The molecule has 6 nitrogen and oxygen atoms in total. The Bertz CT molecular complexity index is 763. The van der Waals surface area contributed by atoms with Gasteiger partial charge in [0.15, 0.2) is 0 Å². The molecule has 136 valence electrons. The molecule has 2 N–H and O–H groups in total. The average molecular weight is 352 g/mol. The summed E-state index contributed by atoms with van der Waals surface area (Å²) >= 11 is 0. The molecule has 2 amide bonds. The van der Waals surface area contributed by atoms with E-state index in [1.54, 1.807) is 30.5 Å². The summed E-state index contributed by atoms with van der Waals surface area (Å²) < 4.78 is 0. The van der Waals surface area contributed by atoms with Crippen LogP contribution in [0, 0.1) is 0 Å². The van der Waals surface area contributed by atoms with Gasteiger partial charge in [-0.15, -0.1) is 0 Å². The quantitative estimate of drug-likeness (QED) is 0.593. The fraction of sp³-hybridized carbons (Fsp3) is 0.250. The van der Waals surface area contributed by atoms with Gasteiger partial charge in [0.25, 0.3) is 5.91 Å². The molecule has 0 aromatic heterocycles. The van der Waals surface area contributed by atoms with Gasteiger partial charge in [-0.3, -0.25) is 9.59 Å². The highest BCUT2D eigenvalue weighted by atomic mass is 16.2. The smallest absolute Gasteiger partial charge is 0.271 e. The molecule has 2 rings (SSSR count). The first-order chi connectivity index (χ1) is 12.5. The first kappa shape index (κ1) is 19.2. The Kier molecular flexibility index (Phi) is 6.91. The molecule has 0 aliphatic carbocycles. The van der Waals surface area contributed by atoms with Gasteiger partial charge in [-0.2, -0.15) is 5.10 Å². The van der Waals surface area contributed by atoms with E-state index in [0.717, 1.165) is 24.3 Å². The maximum absolute atomic E-state index is 12.1. The van der Waals surface area contributed by atoms with Crippen LogP contribution in [0.1, 0.15) is 36.7 Å². The second-order valence-corrected chi connectivity index (χ2v) is 5.72. The molecule has 2 aromatic carbocycles. The molecule has 0 fully saturated rings. The molecular formula is C20H24N4O2. The molecule has 0 saturated carbocycles. The number of rotatable bonds is 7. The maximum Gasteiger partial charge on any atom is 0.271 e. The Morgan fingerprint density at radius 2 is 1.62 bits per heavy atom. The van der Waals surface area contributed by atoms with E-state index in [-0.39, 0.29) is 11.8 Å². The van der Waals surface area contributed by atoms with Crippen LogP contribution in [0.25, 0.3) is 0 Å². The first-order valence-electron chi connectivity index (χ1n) is 8.59. The van der Waals surface area contributed by atoms with Crippen molar-refractivity contribution >= 4 is 29.4 Å². The predicted molar refractivity (Wildman–Crippen MR) is 106 cm³/mol. The number of hydrogen-bond acceptors (Lipinski definition) is 4. The van der Waals surface area contributed by atoms with Crippen LogP contribution in [0.2, 0.25) is 0 Å². The van der Waals surface area contributed by atoms with Crippen molar-refractivity contribution < 1.29 is 9.59 Å². The SMILES string of the molecule is CCN(CC)c1ccc(/C=N/NC(=O)c2ccc(NC(C)=O)cc2)cc1. The molecule has 0 aliphatic rings. The standard InChI is InChI=1S/C20H24N4O2/c1-4-24(5-2)19-12-6-16(7-13-19)14-21-23-20(26)17-8-10-18(11-9-17)22-15(3)25/h6-14H,4-5H2,1-3H3,(H,22,25)(H,23,26)/b21-14+. The Hall–Kier alpha value is -3.15. The summed E-state index contributed by atoms with van der Waals surface area (Å²) in [6.07, 6.45) is 1.61. The van der Waals surface area contributed by atoms with Gasteiger partial charge in [-0.1, -0.05) is 12.1 Å². The Labute approximate surface area is 153 Å². The van der Waals surface area contributed by atoms with Crippen LogP contribution in [0.3, 0.4) is 0 Å². The van der Waals surface area contributed by atoms with E-state index in [2.05, 4.69) is 34.6 Å². The lowest BCUT2D eigenvalue weighted by Crippen LogP contribution is -2.21. The second kappa shape index (κ2) is 9.36. The minimum Gasteiger partial charge on any atom is -0.372 e. The Morgan fingerprint density at radius 3 is 2.15 bits per heavy atom. The van der Waals surface area contributed by atoms with Gasteiger partial charge < -0.3 is 10.2 Å². The van der Waals surface area contributed by atoms with Crippen LogP contribution in [0.15, 0.2) is 53.6 Å². The van der Waals surface area contributed by atoms with Crippen molar-refractivity contribution in [2.75, 3.05) is 23.3 Å². The average Bonchev–Trinajstić information content (AvgIpc) is 2.64. The van der Waals surface area contributed by atoms with Crippen molar-refractivity contribution in [3.63, 3.8) is 0 Å². The second-order valence-electron chi connectivity index (χ2n) is 5.72. The zero-order chi connectivity index (χ0) is 18.9. The molecule has 2 aromatic rings. The summed E-state index contributed by atoms with van der Waals surface area (Å²) in [6, 6.07) is 14.6. The fourth-order valence-corrected chi connectivity index (χ4v) is 2.50. The van der Waals surface area contributed by atoms with Gasteiger partial charge >= 0.3 is 0 Å². The van der Waals surface area contributed by atoms with Crippen molar-refractivity contribution in [3.05, 3.63) is 59.7 Å². The zero-order valence-electron chi connectivity index (χ0n) is 15.3. The number of anilines is 2. The van der Waals surface area contributed by atoms with Crippen LogP contribution in [0.5, 0.6) is 0 Å². The number of benzene rings is 2. The number of hydrogen-bond donors (Lipinski definition) is 2. The van der Waals surface area contributed by atoms with Crippen molar-refractivity contribution in [2.24, 2.45) is 5.10 Å². The molecule has 0 saturated heterocycles. The number of hydrazone groups is 1. The minimum absolute atomic E-state index is 0.154. The minimum atomic E-state index is -0.310. The lowest BCUT2D eigenvalue weighted by molar-refractivity contribution is -0.114. The Morgan fingerprint density at radius 1 is 1.00 bits per heavy atom. The molecule has 0 aliphatic heterocycles. The van der Waals surface area contributed by atoms with E-state index in [1.165, 1.54) is 6.92 Å². The zero-order valence-corrected chi connectivity index (χ0v) is 15.3. The van der Waals surface area contributed by atoms with Crippen molar-refractivity contribution in [2.45, 2.75) is 20.8 Å². The van der Waals surface area contributed by atoms with Gasteiger partial charge in [-0.25, -0.2) is 5.43 Å². The van der Waals surface area contributed by atoms with Crippen molar-refractivity contribution in [1.82, 2.24) is 5.43 Å². The van der Waals surface area contributed by atoms with Gasteiger partial charge in [0.1, 0.15) is 0 Å². The van der Waals surface area contributed by atoms with E-state index in [1.807, 2.05) is 24.3 Å². The summed E-state index contributed by atoms with van der Waals surface area (Å²) in [5, 5.41) is 6.65. The summed E-state index contributed by atoms with van der Waals surface area (Å²) in [4.78, 5) is 25.3. The molecule has 0 spiro atoms. The maximum atomic E-state index is 12.1. The van der Waals surface area contributed by atoms with Gasteiger partial charge in [0.05, 0.1) is 6.21 Å². The molecule has 6 heteroatoms. The largest absolute Gasteiger partial charge is 0.372 e. The summed E-state index contributed by atoms with van der Waals surface area (Å²) in [5.74, 6) is -0.464. The fourth-order valence-electron chi connectivity index (χ4n) is 2.50. The lowest BCUT2D eigenvalue weighted by Gasteiger charge is -2.20. The van der Waals surface area contributed by atoms with Crippen LogP contribution in [-0.4, -0.2) is 31.1 Å². The molecular weight excluding hydrogens is 328 g/mol. The number of amides is 2. The number of carbonyl (C=O) groups excluding carboxylic acids is 2. The monoisotopic (exact) mass is 352 g/mol. The summed E-state index contributed by atoms with van der Waals surface area (Å²) in [6.45, 7) is 7.60. The van der Waals surface area contributed by atoms with E-state index in [0.29, 0.717) is 11.3 Å². The molecule has 0 unspecified atom stereocenters. The van der Waals surface area contributed by atoms with Crippen LogP contribution in [0.4, 0.5) is 11.4 Å². The molecule has 0 atom stereocenters. The molecule has 0 bridgehead atoms. The third-order valence-electron chi connectivity index (χ3n) is 3.87. The van der Waals surface area contributed by atoms with Crippen LogP contribution >= 0.6 is 0 Å². The van der Waals surface area contributed by atoms with Gasteiger partial charge in [-0.05, 0) is 55.8 Å². The highest BCUT2D eigenvalue weighted by Crippen LogP contribution is 2.14. The van der Waals surface area contributed by atoms with E-state index in [9.17, 15) is 9.59 Å². The lowest BCUT2D eigenvalue weighted by atomic mass is 10.2. The third-order valence-corrected chi connectivity index (χ3v) is 3.87. The highest BCUT2D eigenvalue weighted by molar-refractivity contribution is 5.96. The van der Waals surface area contributed by atoms with Gasteiger partial charge in [0, 0.05) is 37.0 Å². The van der Waals surface area contributed by atoms with E-state index >= 15 is 0 Å². The molecule has 0 radical (unpaired) electrons. The first-order valence-corrected chi connectivity index (χ1v) is 8.59. The van der Waals surface area contributed by atoms with Crippen LogP contribution in [-0.2, 0) is 4.79 Å². The number of nitrogens with zero attached hydrogens (tertiary/aromatic N) is 2. The topological polar surface area (TPSA) is 73.8 Å². The summed E-state index contributed by atoms with van der Waals surface area (Å²) in [5.41, 5.74) is 5.68. The molecule has 26 heavy (non-hydrogen) atoms. The summed E-state index contributed by atoms with van der Waals surface area (Å²) in [7, 11) is 0. The predicted octanol–water partition coefficient (Wildman–Crippen LogP) is 3.26. The highest BCUT2D eigenvalue weighted by Gasteiger charge is 2.04. The third kappa shape index (κ3) is 5.44. The Balaban J connectivity index is 1.93. The van der Waals surface area contributed by atoms with Crippen LogP contribution < -0.4 is 15.6 Å². The number of carbonyl (C=O) groups is 2.